The monoisotopic (exact) mass is 224 g/mol. The van der Waals surface area contributed by atoms with Gasteiger partial charge in [-0.1, -0.05) is 6.08 Å². The van der Waals surface area contributed by atoms with Crippen molar-refractivity contribution in [2.45, 2.75) is 6.42 Å². The van der Waals surface area contributed by atoms with Gasteiger partial charge in [0.05, 0.1) is 0 Å². The zero-order chi connectivity index (χ0) is 11.5. The Balaban J connectivity index is 2.56. The number of benzene rings is 1. The Morgan fingerprint density at radius 1 is 1.31 bits per heavy atom. The van der Waals surface area contributed by atoms with E-state index in [0.717, 1.165) is 6.07 Å². The van der Waals surface area contributed by atoms with Gasteiger partial charge in [0.1, 0.15) is 5.69 Å². The Bertz CT molecular complexity index is 458. The SMILES string of the molecule is O=Nc1ccc(F)c(F)c1C1=CCNCC1. The molecule has 0 amide bonds. The summed E-state index contributed by atoms with van der Waals surface area (Å²) in [4.78, 5) is 10.6. The minimum absolute atomic E-state index is 0.00324. The highest BCUT2D eigenvalue weighted by molar-refractivity contribution is 5.75. The molecular weight excluding hydrogens is 214 g/mol. The van der Waals surface area contributed by atoms with Gasteiger partial charge in [0.15, 0.2) is 11.6 Å². The van der Waals surface area contributed by atoms with Gasteiger partial charge in [-0.3, -0.25) is 0 Å². The Hall–Kier alpha value is -1.62. The molecule has 1 heterocycles. The number of nitrogens with one attached hydrogen (secondary N) is 1. The van der Waals surface area contributed by atoms with E-state index in [1.807, 2.05) is 0 Å². The summed E-state index contributed by atoms with van der Waals surface area (Å²) in [5.74, 6) is -1.95. The van der Waals surface area contributed by atoms with Crippen molar-refractivity contribution >= 4 is 11.3 Å². The summed E-state index contributed by atoms with van der Waals surface area (Å²) in [5.41, 5.74) is 0.578. The fourth-order valence-electron chi connectivity index (χ4n) is 1.77. The smallest absolute Gasteiger partial charge is 0.168 e. The predicted octanol–water partition coefficient (Wildman–Crippen LogP) is 2.74. The molecule has 0 saturated carbocycles. The maximum atomic E-state index is 13.6. The fourth-order valence-corrected chi connectivity index (χ4v) is 1.77. The third kappa shape index (κ3) is 1.86. The predicted molar refractivity (Wildman–Crippen MR) is 57.3 cm³/mol. The van der Waals surface area contributed by atoms with Gasteiger partial charge < -0.3 is 5.32 Å². The van der Waals surface area contributed by atoms with Crippen LogP contribution in [0.1, 0.15) is 12.0 Å². The first-order valence-corrected chi connectivity index (χ1v) is 4.95. The second-order valence-corrected chi connectivity index (χ2v) is 3.53. The molecule has 16 heavy (non-hydrogen) atoms. The van der Waals surface area contributed by atoms with E-state index in [0.29, 0.717) is 25.1 Å². The van der Waals surface area contributed by atoms with Crippen LogP contribution in [-0.2, 0) is 0 Å². The second-order valence-electron chi connectivity index (χ2n) is 3.53. The number of nitroso groups, excluding NO2 is 1. The van der Waals surface area contributed by atoms with E-state index in [1.165, 1.54) is 6.07 Å². The lowest BCUT2D eigenvalue weighted by Crippen LogP contribution is -2.20. The Morgan fingerprint density at radius 3 is 2.75 bits per heavy atom. The summed E-state index contributed by atoms with van der Waals surface area (Å²) >= 11 is 0. The van der Waals surface area contributed by atoms with Gasteiger partial charge in [0, 0.05) is 12.1 Å². The van der Waals surface area contributed by atoms with Crippen LogP contribution in [0.5, 0.6) is 0 Å². The first-order valence-electron chi connectivity index (χ1n) is 4.95. The molecule has 1 N–H and O–H groups in total. The van der Waals surface area contributed by atoms with Crippen LogP contribution in [0.2, 0.25) is 0 Å². The van der Waals surface area contributed by atoms with Gasteiger partial charge in [0.25, 0.3) is 0 Å². The summed E-state index contributed by atoms with van der Waals surface area (Å²) < 4.78 is 26.7. The van der Waals surface area contributed by atoms with Crippen LogP contribution < -0.4 is 5.32 Å². The topological polar surface area (TPSA) is 41.5 Å². The molecule has 0 unspecified atom stereocenters. The van der Waals surface area contributed by atoms with Crippen molar-refractivity contribution in [3.8, 4) is 0 Å². The standard InChI is InChI=1S/C11H10F2N2O/c12-8-1-2-9(15-16)10(11(8)13)7-3-5-14-6-4-7/h1-3,14H,4-6H2. The molecule has 0 fully saturated rings. The van der Waals surface area contributed by atoms with Crippen molar-refractivity contribution in [3.63, 3.8) is 0 Å². The van der Waals surface area contributed by atoms with Crippen LogP contribution in [-0.4, -0.2) is 13.1 Å². The van der Waals surface area contributed by atoms with Crippen LogP contribution in [0, 0.1) is 16.5 Å². The summed E-state index contributed by atoms with van der Waals surface area (Å²) in [6.45, 7) is 1.27. The first-order chi connectivity index (χ1) is 7.74. The number of hydrogen-bond acceptors (Lipinski definition) is 3. The number of nitrogens with zero attached hydrogens (tertiary/aromatic N) is 1. The molecule has 1 aliphatic rings. The molecule has 2 rings (SSSR count). The highest BCUT2D eigenvalue weighted by atomic mass is 19.2. The lowest BCUT2D eigenvalue weighted by atomic mass is 9.98. The van der Waals surface area contributed by atoms with Crippen molar-refractivity contribution in [1.82, 2.24) is 5.32 Å². The lowest BCUT2D eigenvalue weighted by Gasteiger charge is -2.15. The molecule has 5 heteroatoms. The van der Waals surface area contributed by atoms with E-state index in [4.69, 9.17) is 0 Å². The average Bonchev–Trinajstić information content (AvgIpc) is 2.33. The third-order valence-electron chi connectivity index (χ3n) is 2.56. The van der Waals surface area contributed by atoms with E-state index in [1.54, 1.807) is 6.08 Å². The van der Waals surface area contributed by atoms with Gasteiger partial charge in [-0.25, -0.2) is 8.78 Å². The van der Waals surface area contributed by atoms with Gasteiger partial charge in [0.2, 0.25) is 0 Å². The molecule has 0 bridgehead atoms. The number of halogens is 2. The highest BCUT2D eigenvalue weighted by Crippen LogP contribution is 2.32. The van der Waals surface area contributed by atoms with Crippen molar-refractivity contribution in [3.05, 3.63) is 40.3 Å². The first kappa shape index (κ1) is 10.9. The molecule has 1 aromatic carbocycles. The molecule has 0 atom stereocenters. The maximum absolute atomic E-state index is 13.6. The summed E-state index contributed by atoms with van der Waals surface area (Å²) in [6.07, 6.45) is 2.30. The van der Waals surface area contributed by atoms with Gasteiger partial charge in [-0.05, 0) is 35.8 Å². The van der Waals surface area contributed by atoms with Crippen molar-refractivity contribution in [2.75, 3.05) is 13.1 Å². The molecule has 0 aliphatic carbocycles. The fraction of sp³-hybridized carbons (Fsp3) is 0.273. The number of hydrogen-bond donors (Lipinski definition) is 1. The Morgan fingerprint density at radius 2 is 2.12 bits per heavy atom. The van der Waals surface area contributed by atoms with Crippen LogP contribution in [0.4, 0.5) is 14.5 Å². The van der Waals surface area contributed by atoms with E-state index >= 15 is 0 Å². The third-order valence-corrected chi connectivity index (χ3v) is 2.56. The molecule has 84 valence electrons. The summed E-state index contributed by atoms with van der Waals surface area (Å²) in [7, 11) is 0. The normalized spacial score (nSPS) is 15.8. The molecule has 0 spiro atoms. The molecular formula is C11H10F2N2O. The highest BCUT2D eigenvalue weighted by Gasteiger charge is 2.18. The molecule has 0 radical (unpaired) electrons. The average molecular weight is 224 g/mol. The van der Waals surface area contributed by atoms with Crippen molar-refractivity contribution in [1.29, 1.82) is 0 Å². The quantitative estimate of drug-likeness (QED) is 0.785. The molecule has 3 nitrogen and oxygen atoms in total. The van der Waals surface area contributed by atoms with Gasteiger partial charge >= 0.3 is 0 Å². The van der Waals surface area contributed by atoms with E-state index in [9.17, 15) is 13.7 Å². The van der Waals surface area contributed by atoms with Crippen molar-refractivity contribution in [2.24, 2.45) is 5.18 Å². The molecule has 1 aliphatic heterocycles. The van der Waals surface area contributed by atoms with Crippen LogP contribution in [0.25, 0.3) is 5.57 Å². The largest absolute Gasteiger partial charge is 0.313 e. The van der Waals surface area contributed by atoms with Crippen LogP contribution >= 0.6 is 0 Å². The second kappa shape index (κ2) is 4.49. The maximum Gasteiger partial charge on any atom is 0.168 e. The summed E-state index contributed by atoms with van der Waals surface area (Å²) in [6, 6.07) is 2.11. The molecule has 1 aromatic rings. The minimum Gasteiger partial charge on any atom is -0.313 e. The van der Waals surface area contributed by atoms with E-state index < -0.39 is 11.6 Å². The number of rotatable bonds is 2. The van der Waals surface area contributed by atoms with E-state index in [2.05, 4.69) is 10.5 Å². The van der Waals surface area contributed by atoms with Crippen molar-refractivity contribution < 1.29 is 8.78 Å². The Labute approximate surface area is 91.1 Å². The Kier molecular flexibility index (Phi) is 3.05. The van der Waals surface area contributed by atoms with Gasteiger partial charge in [-0.15, -0.1) is 4.91 Å². The molecule has 0 aromatic heterocycles. The van der Waals surface area contributed by atoms with Crippen LogP contribution in [0.3, 0.4) is 0 Å². The zero-order valence-corrected chi connectivity index (χ0v) is 8.46. The minimum atomic E-state index is -0.995. The molecule has 0 saturated heterocycles. The van der Waals surface area contributed by atoms with Crippen LogP contribution in [0.15, 0.2) is 23.4 Å². The summed E-state index contributed by atoms with van der Waals surface area (Å²) in [5, 5.41) is 5.78. The van der Waals surface area contributed by atoms with E-state index in [-0.39, 0.29) is 11.3 Å². The van der Waals surface area contributed by atoms with Gasteiger partial charge in [-0.2, -0.15) is 0 Å². The zero-order valence-electron chi connectivity index (χ0n) is 8.46. The lowest BCUT2D eigenvalue weighted by molar-refractivity contribution is 0.506.